The summed E-state index contributed by atoms with van der Waals surface area (Å²) < 4.78 is 5.69. The van der Waals surface area contributed by atoms with E-state index in [-0.39, 0.29) is 0 Å². The van der Waals surface area contributed by atoms with Gasteiger partial charge in [0.25, 0.3) is 0 Å². The predicted octanol–water partition coefficient (Wildman–Crippen LogP) is 12.0. The van der Waals surface area contributed by atoms with E-state index in [4.69, 9.17) is 4.74 Å². The molecule has 0 amide bonds. The number of rotatable bonds is 30. The lowest BCUT2D eigenvalue weighted by Gasteiger charge is -2.13. The summed E-state index contributed by atoms with van der Waals surface area (Å²) in [5.74, 6) is -0.824. The average molecular weight is 569 g/mol. The first-order chi connectivity index (χ1) is 20.2. The molecule has 0 saturated heterocycles. The largest absolute Gasteiger partial charge is 0.479 e. The first kappa shape index (κ1) is 38.9. The van der Waals surface area contributed by atoms with E-state index in [1.54, 1.807) is 0 Å². The van der Waals surface area contributed by atoms with Crippen molar-refractivity contribution in [2.45, 2.75) is 155 Å². The smallest absolute Gasteiger partial charge is 0.332 e. The van der Waals surface area contributed by atoms with Gasteiger partial charge in [0.05, 0.1) is 0 Å². The van der Waals surface area contributed by atoms with Crippen LogP contribution in [0.2, 0.25) is 0 Å². The Bertz CT molecular complexity index is 726. The van der Waals surface area contributed by atoms with E-state index < -0.39 is 12.1 Å². The molecule has 0 saturated carbocycles. The minimum Gasteiger partial charge on any atom is -0.479 e. The Kier molecular flexibility index (Phi) is 32.3. The second kappa shape index (κ2) is 34.1. The highest BCUT2D eigenvalue weighted by Gasteiger charge is 2.16. The van der Waals surface area contributed by atoms with Crippen molar-refractivity contribution in [3.05, 3.63) is 72.9 Å². The SMILES string of the molecule is CCCCCC=CCC=CC/C=C\CCCCCC(OCCCCC/C=C\C/C=C\C/C=C\CCCCC)C(=O)O. The number of ether oxygens (including phenoxy) is 1. The Morgan fingerprint density at radius 2 is 0.878 bits per heavy atom. The van der Waals surface area contributed by atoms with Gasteiger partial charge in [0.1, 0.15) is 0 Å². The summed E-state index contributed by atoms with van der Waals surface area (Å²) >= 11 is 0. The first-order valence-electron chi connectivity index (χ1n) is 17.0. The summed E-state index contributed by atoms with van der Waals surface area (Å²) in [4.78, 5) is 11.5. The molecule has 1 unspecified atom stereocenters. The van der Waals surface area contributed by atoms with E-state index >= 15 is 0 Å². The molecule has 0 rings (SSSR count). The van der Waals surface area contributed by atoms with E-state index in [1.165, 1.54) is 51.4 Å². The third-order valence-corrected chi connectivity index (χ3v) is 6.98. The van der Waals surface area contributed by atoms with Gasteiger partial charge in [-0.05, 0) is 89.9 Å². The summed E-state index contributed by atoms with van der Waals surface area (Å²) in [6, 6.07) is 0. The van der Waals surface area contributed by atoms with Gasteiger partial charge >= 0.3 is 5.97 Å². The van der Waals surface area contributed by atoms with Gasteiger partial charge < -0.3 is 9.84 Å². The highest BCUT2D eigenvalue weighted by molar-refractivity contribution is 5.72. The van der Waals surface area contributed by atoms with Crippen molar-refractivity contribution >= 4 is 5.97 Å². The van der Waals surface area contributed by atoms with Gasteiger partial charge in [-0.15, -0.1) is 0 Å². The van der Waals surface area contributed by atoms with Gasteiger partial charge in [0.2, 0.25) is 0 Å². The minimum absolute atomic E-state index is 0.542. The number of hydrogen-bond donors (Lipinski definition) is 1. The van der Waals surface area contributed by atoms with E-state index in [9.17, 15) is 9.90 Å². The van der Waals surface area contributed by atoms with Gasteiger partial charge in [-0.1, -0.05) is 132 Å². The molecular weight excluding hydrogens is 504 g/mol. The molecule has 0 spiro atoms. The molecule has 0 aromatic rings. The van der Waals surface area contributed by atoms with Gasteiger partial charge in [-0.2, -0.15) is 0 Å². The van der Waals surface area contributed by atoms with Crippen molar-refractivity contribution in [3.8, 4) is 0 Å². The number of carbonyl (C=O) groups is 1. The molecule has 0 aromatic carbocycles. The van der Waals surface area contributed by atoms with Crippen LogP contribution in [0.4, 0.5) is 0 Å². The van der Waals surface area contributed by atoms with Gasteiger partial charge in [0, 0.05) is 6.61 Å². The lowest BCUT2D eigenvalue weighted by Crippen LogP contribution is -2.24. The summed E-state index contributed by atoms with van der Waals surface area (Å²) in [7, 11) is 0. The third kappa shape index (κ3) is 32.2. The molecular formula is C38H64O3. The molecule has 0 fully saturated rings. The Labute approximate surface area is 254 Å². The van der Waals surface area contributed by atoms with Crippen LogP contribution >= 0.6 is 0 Å². The Hall–Kier alpha value is -2.13. The summed E-state index contributed by atoms with van der Waals surface area (Å²) in [5.41, 5.74) is 0. The number of aliphatic carboxylic acids is 1. The summed E-state index contributed by atoms with van der Waals surface area (Å²) in [6.45, 7) is 5.02. The van der Waals surface area contributed by atoms with Crippen molar-refractivity contribution in [1.82, 2.24) is 0 Å². The van der Waals surface area contributed by atoms with E-state index in [0.29, 0.717) is 13.0 Å². The van der Waals surface area contributed by atoms with Crippen LogP contribution in [0.25, 0.3) is 0 Å². The van der Waals surface area contributed by atoms with Crippen LogP contribution in [0.5, 0.6) is 0 Å². The fourth-order valence-electron chi connectivity index (χ4n) is 4.39. The molecule has 0 aliphatic heterocycles. The second-order valence-corrected chi connectivity index (χ2v) is 10.9. The fourth-order valence-corrected chi connectivity index (χ4v) is 4.39. The molecule has 1 N–H and O–H groups in total. The van der Waals surface area contributed by atoms with Crippen LogP contribution < -0.4 is 0 Å². The molecule has 0 aliphatic carbocycles. The van der Waals surface area contributed by atoms with Crippen molar-refractivity contribution in [2.24, 2.45) is 0 Å². The average Bonchev–Trinajstić information content (AvgIpc) is 2.97. The standard InChI is InChI=1S/C38H64O3/c1-3-5-7-9-11-13-15-17-19-21-23-25-27-29-31-33-35-37(38(39)40)41-36-34-32-30-28-26-24-22-20-18-16-14-12-10-8-6-4-2/h11-14,17-20,23-26,37H,3-10,15-16,21-22,27-36H2,1-2H3,(H,39,40)/b13-11?,14-12-,19-17?,20-18-,25-23-,26-24-. The second-order valence-electron chi connectivity index (χ2n) is 10.9. The van der Waals surface area contributed by atoms with Gasteiger partial charge in [0.15, 0.2) is 6.10 Å². The minimum atomic E-state index is -0.824. The van der Waals surface area contributed by atoms with Crippen LogP contribution in [0.1, 0.15) is 149 Å². The molecule has 3 nitrogen and oxygen atoms in total. The molecule has 0 aromatic heterocycles. The van der Waals surface area contributed by atoms with Crippen LogP contribution in [-0.4, -0.2) is 23.8 Å². The highest BCUT2D eigenvalue weighted by atomic mass is 16.5. The quantitative estimate of drug-likeness (QED) is 0.0692. The lowest BCUT2D eigenvalue weighted by atomic mass is 10.1. The molecule has 0 heterocycles. The number of carboxylic acids is 1. The maximum atomic E-state index is 11.5. The molecule has 0 radical (unpaired) electrons. The van der Waals surface area contributed by atoms with Crippen LogP contribution in [0.15, 0.2) is 72.9 Å². The van der Waals surface area contributed by atoms with Crippen molar-refractivity contribution < 1.29 is 14.6 Å². The maximum Gasteiger partial charge on any atom is 0.332 e. The molecule has 1 atom stereocenters. The van der Waals surface area contributed by atoms with Crippen LogP contribution in [0.3, 0.4) is 0 Å². The number of unbranched alkanes of at least 4 members (excludes halogenated alkanes) is 12. The zero-order chi connectivity index (χ0) is 29.9. The monoisotopic (exact) mass is 568 g/mol. The number of carboxylic acid groups (broad SMARTS) is 1. The normalized spacial score (nSPS) is 13.4. The number of hydrogen-bond acceptors (Lipinski definition) is 2. The molecule has 234 valence electrons. The highest BCUT2D eigenvalue weighted by Crippen LogP contribution is 2.11. The zero-order valence-electron chi connectivity index (χ0n) is 26.8. The fraction of sp³-hybridized carbons (Fsp3) is 0.658. The van der Waals surface area contributed by atoms with Crippen molar-refractivity contribution in [3.63, 3.8) is 0 Å². The van der Waals surface area contributed by atoms with Crippen molar-refractivity contribution in [1.29, 1.82) is 0 Å². The topological polar surface area (TPSA) is 46.5 Å². The lowest BCUT2D eigenvalue weighted by molar-refractivity contribution is -0.151. The maximum absolute atomic E-state index is 11.5. The first-order valence-corrected chi connectivity index (χ1v) is 17.0. The molecule has 0 aliphatic rings. The number of allylic oxidation sites excluding steroid dienone is 12. The van der Waals surface area contributed by atoms with E-state index in [1.807, 2.05) is 0 Å². The van der Waals surface area contributed by atoms with Crippen LogP contribution in [-0.2, 0) is 9.53 Å². The predicted molar refractivity (Wildman–Crippen MR) is 181 cm³/mol. The molecule has 3 heteroatoms. The zero-order valence-corrected chi connectivity index (χ0v) is 26.8. The van der Waals surface area contributed by atoms with E-state index in [2.05, 4.69) is 86.8 Å². The Morgan fingerprint density at radius 3 is 1.27 bits per heavy atom. The summed E-state index contributed by atoms with van der Waals surface area (Å²) in [6.07, 6.45) is 49.6. The Balaban J connectivity index is 3.65. The molecule has 41 heavy (non-hydrogen) atoms. The van der Waals surface area contributed by atoms with Gasteiger partial charge in [-0.25, -0.2) is 4.79 Å². The third-order valence-electron chi connectivity index (χ3n) is 6.98. The van der Waals surface area contributed by atoms with E-state index in [0.717, 1.165) is 77.0 Å². The molecule has 0 bridgehead atoms. The Morgan fingerprint density at radius 1 is 0.512 bits per heavy atom. The van der Waals surface area contributed by atoms with Crippen molar-refractivity contribution in [2.75, 3.05) is 6.61 Å². The van der Waals surface area contributed by atoms with Gasteiger partial charge in [-0.3, -0.25) is 0 Å². The summed E-state index contributed by atoms with van der Waals surface area (Å²) in [5, 5.41) is 9.47. The van der Waals surface area contributed by atoms with Crippen LogP contribution in [0, 0.1) is 0 Å².